The number of carbonyl (C=O) groups excluding carboxylic acids is 1. The van der Waals surface area contributed by atoms with Crippen molar-refractivity contribution in [3.63, 3.8) is 0 Å². The second kappa shape index (κ2) is 4.91. The number of esters is 1. The Morgan fingerprint density at radius 2 is 1.80 bits per heavy atom. The number of methoxy groups -OCH3 is 1. The molecule has 0 spiro atoms. The molecule has 2 unspecified atom stereocenters. The number of aliphatic hydroxyl groups excluding tert-OH is 2. The van der Waals surface area contributed by atoms with Gasteiger partial charge in [-0.3, -0.25) is 0 Å². The molecule has 1 aromatic rings. The van der Waals surface area contributed by atoms with Crippen molar-refractivity contribution in [1.82, 2.24) is 0 Å². The molecule has 0 saturated heterocycles. The highest BCUT2D eigenvalue weighted by atomic mass is 16.5. The summed E-state index contributed by atoms with van der Waals surface area (Å²) in [7, 11) is 1.16. The van der Waals surface area contributed by atoms with Crippen LogP contribution in [0.5, 0.6) is 0 Å². The first-order valence-electron chi connectivity index (χ1n) is 4.56. The molecule has 0 aliphatic heterocycles. The van der Waals surface area contributed by atoms with Crippen LogP contribution in [-0.4, -0.2) is 29.4 Å². The minimum atomic E-state index is -1.54. The van der Waals surface area contributed by atoms with E-state index in [-0.39, 0.29) is 0 Å². The fourth-order valence-electron chi connectivity index (χ4n) is 1.20. The summed E-state index contributed by atoms with van der Waals surface area (Å²) in [6, 6.07) is 6.91. The molecule has 0 saturated carbocycles. The molecule has 0 aromatic heterocycles. The lowest BCUT2D eigenvalue weighted by Crippen LogP contribution is -2.28. The summed E-state index contributed by atoms with van der Waals surface area (Å²) in [4.78, 5) is 11.0. The van der Waals surface area contributed by atoms with E-state index in [4.69, 9.17) is 0 Å². The first-order valence-corrected chi connectivity index (χ1v) is 4.56. The van der Waals surface area contributed by atoms with Gasteiger partial charge in [0.25, 0.3) is 0 Å². The molecule has 0 fully saturated rings. The topological polar surface area (TPSA) is 66.8 Å². The summed E-state index contributed by atoms with van der Waals surface area (Å²) in [5, 5.41) is 19.0. The predicted molar refractivity (Wildman–Crippen MR) is 54.2 cm³/mol. The number of carbonyl (C=O) groups is 1. The summed E-state index contributed by atoms with van der Waals surface area (Å²) in [5.74, 6) is -0.844. The third-order valence-corrected chi connectivity index (χ3v) is 2.16. The van der Waals surface area contributed by atoms with Crippen LogP contribution < -0.4 is 0 Å². The Kier molecular flexibility index (Phi) is 3.82. The molecule has 0 aliphatic carbocycles. The van der Waals surface area contributed by atoms with Gasteiger partial charge in [0.1, 0.15) is 6.10 Å². The van der Waals surface area contributed by atoms with E-state index in [9.17, 15) is 15.0 Å². The Morgan fingerprint density at radius 1 is 1.27 bits per heavy atom. The van der Waals surface area contributed by atoms with Crippen LogP contribution in [0.15, 0.2) is 24.3 Å². The molecule has 2 N–H and O–H groups in total. The van der Waals surface area contributed by atoms with Gasteiger partial charge in [-0.2, -0.15) is 0 Å². The average molecular weight is 210 g/mol. The standard InChI is InChI=1S/C11H14O4/c1-7-3-5-8(6-4-7)9(12)10(13)11(14)15-2/h3-6,9-10,12-13H,1-2H3. The Balaban J connectivity index is 2.80. The highest BCUT2D eigenvalue weighted by Crippen LogP contribution is 2.18. The molecule has 1 rings (SSSR count). The van der Waals surface area contributed by atoms with E-state index in [1.165, 1.54) is 0 Å². The summed E-state index contributed by atoms with van der Waals surface area (Å²) < 4.78 is 4.33. The van der Waals surface area contributed by atoms with Gasteiger partial charge in [0.2, 0.25) is 0 Å². The molecule has 0 radical (unpaired) electrons. The van der Waals surface area contributed by atoms with E-state index in [0.29, 0.717) is 5.56 Å². The lowest BCUT2D eigenvalue weighted by molar-refractivity contribution is -0.156. The quantitative estimate of drug-likeness (QED) is 0.715. The van der Waals surface area contributed by atoms with Crippen molar-refractivity contribution in [3.05, 3.63) is 35.4 Å². The molecular weight excluding hydrogens is 196 g/mol. The van der Waals surface area contributed by atoms with Gasteiger partial charge in [-0.15, -0.1) is 0 Å². The molecule has 1 aromatic carbocycles. The van der Waals surface area contributed by atoms with Crippen LogP contribution in [0.1, 0.15) is 17.2 Å². The van der Waals surface area contributed by atoms with Gasteiger partial charge in [-0.05, 0) is 12.5 Å². The lowest BCUT2D eigenvalue weighted by atomic mass is 10.0. The fourth-order valence-corrected chi connectivity index (χ4v) is 1.20. The van der Waals surface area contributed by atoms with Crippen molar-refractivity contribution >= 4 is 5.97 Å². The normalized spacial score (nSPS) is 14.4. The monoisotopic (exact) mass is 210 g/mol. The van der Waals surface area contributed by atoms with E-state index < -0.39 is 18.2 Å². The molecule has 2 atom stereocenters. The van der Waals surface area contributed by atoms with Crippen molar-refractivity contribution in [2.45, 2.75) is 19.1 Å². The van der Waals surface area contributed by atoms with Crippen LogP contribution in [0.3, 0.4) is 0 Å². The molecular formula is C11H14O4. The van der Waals surface area contributed by atoms with Crippen molar-refractivity contribution in [2.24, 2.45) is 0 Å². The summed E-state index contributed by atoms with van der Waals surface area (Å²) >= 11 is 0. The number of aliphatic hydroxyl groups is 2. The number of aryl methyl sites for hydroxylation is 1. The zero-order valence-corrected chi connectivity index (χ0v) is 8.68. The van der Waals surface area contributed by atoms with Gasteiger partial charge in [-0.25, -0.2) is 4.79 Å². The minimum Gasteiger partial charge on any atom is -0.467 e. The molecule has 4 heteroatoms. The summed E-state index contributed by atoms with van der Waals surface area (Å²) in [6.07, 6.45) is -2.80. The second-order valence-electron chi connectivity index (χ2n) is 3.32. The number of hydrogen-bond donors (Lipinski definition) is 2. The highest BCUT2D eigenvalue weighted by molar-refractivity contribution is 5.75. The maximum Gasteiger partial charge on any atom is 0.337 e. The maximum absolute atomic E-state index is 11.0. The number of rotatable bonds is 3. The predicted octanol–water partition coefficient (Wildman–Crippen LogP) is 0.562. The molecule has 15 heavy (non-hydrogen) atoms. The third kappa shape index (κ3) is 2.78. The molecule has 4 nitrogen and oxygen atoms in total. The Bertz CT molecular complexity index is 331. The van der Waals surface area contributed by atoms with Gasteiger partial charge >= 0.3 is 5.97 Å². The van der Waals surface area contributed by atoms with Crippen molar-refractivity contribution in [1.29, 1.82) is 0 Å². The minimum absolute atomic E-state index is 0.485. The fraction of sp³-hybridized carbons (Fsp3) is 0.364. The second-order valence-corrected chi connectivity index (χ2v) is 3.32. The first kappa shape index (κ1) is 11.7. The smallest absolute Gasteiger partial charge is 0.337 e. The van der Waals surface area contributed by atoms with E-state index in [0.717, 1.165) is 12.7 Å². The Hall–Kier alpha value is -1.39. The Morgan fingerprint density at radius 3 is 2.27 bits per heavy atom. The SMILES string of the molecule is COC(=O)C(O)C(O)c1ccc(C)cc1. The third-order valence-electron chi connectivity index (χ3n) is 2.16. The van der Waals surface area contributed by atoms with Crippen LogP contribution >= 0.6 is 0 Å². The Labute approximate surface area is 88.1 Å². The summed E-state index contributed by atoms with van der Waals surface area (Å²) in [6.45, 7) is 1.91. The maximum atomic E-state index is 11.0. The molecule has 0 aliphatic rings. The number of hydrogen-bond acceptors (Lipinski definition) is 4. The van der Waals surface area contributed by atoms with E-state index in [1.807, 2.05) is 6.92 Å². The van der Waals surface area contributed by atoms with E-state index in [1.54, 1.807) is 24.3 Å². The van der Waals surface area contributed by atoms with Crippen LogP contribution in [-0.2, 0) is 9.53 Å². The van der Waals surface area contributed by atoms with Gasteiger partial charge in [-0.1, -0.05) is 29.8 Å². The first-order chi connectivity index (χ1) is 7.06. The van der Waals surface area contributed by atoms with Crippen LogP contribution in [0, 0.1) is 6.92 Å². The van der Waals surface area contributed by atoms with Gasteiger partial charge in [0.05, 0.1) is 7.11 Å². The van der Waals surface area contributed by atoms with Crippen molar-refractivity contribution in [3.8, 4) is 0 Å². The largest absolute Gasteiger partial charge is 0.467 e. The van der Waals surface area contributed by atoms with E-state index >= 15 is 0 Å². The number of benzene rings is 1. The van der Waals surface area contributed by atoms with E-state index in [2.05, 4.69) is 4.74 Å². The molecule has 0 bridgehead atoms. The summed E-state index contributed by atoms with van der Waals surface area (Å²) in [5.41, 5.74) is 1.53. The van der Waals surface area contributed by atoms with Gasteiger partial charge in [0, 0.05) is 0 Å². The van der Waals surface area contributed by atoms with Crippen LogP contribution in [0.4, 0.5) is 0 Å². The number of ether oxygens (including phenoxy) is 1. The highest BCUT2D eigenvalue weighted by Gasteiger charge is 2.26. The van der Waals surface area contributed by atoms with Gasteiger partial charge < -0.3 is 14.9 Å². The average Bonchev–Trinajstić information content (AvgIpc) is 2.27. The lowest BCUT2D eigenvalue weighted by Gasteiger charge is -2.15. The zero-order chi connectivity index (χ0) is 11.4. The van der Waals surface area contributed by atoms with Crippen molar-refractivity contribution < 1.29 is 19.7 Å². The molecule has 0 amide bonds. The van der Waals surface area contributed by atoms with Gasteiger partial charge in [0.15, 0.2) is 6.10 Å². The molecule has 82 valence electrons. The zero-order valence-electron chi connectivity index (χ0n) is 8.68. The van der Waals surface area contributed by atoms with Crippen molar-refractivity contribution in [2.75, 3.05) is 7.11 Å². The molecule has 0 heterocycles. The van der Waals surface area contributed by atoms with Crippen LogP contribution in [0.25, 0.3) is 0 Å². The van der Waals surface area contributed by atoms with Crippen LogP contribution in [0.2, 0.25) is 0 Å².